The quantitative estimate of drug-likeness (QED) is 0.539. The highest BCUT2D eigenvalue weighted by atomic mass is 16.1. The molecule has 0 fully saturated rings. The third-order valence-electron chi connectivity index (χ3n) is 3.70. The van der Waals surface area contributed by atoms with Crippen LogP contribution in [0.25, 0.3) is 11.3 Å². The first-order valence-electron chi connectivity index (χ1n) is 8.06. The molecule has 0 unspecified atom stereocenters. The van der Waals surface area contributed by atoms with Crippen molar-refractivity contribution in [3.05, 3.63) is 81.6 Å². The predicted molar refractivity (Wildman–Crippen MR) is 102 cm³/mol. The number of hydrogen-bond donors (Lipinski definition) is 2. The number of H-pyrrole nitrogens is 1. The summed E-state index contributed by atoms with van der Waals surface area (Å²) in [4.78, 5) is 19.0. The summed E-state index contributed by atoms with van der Waals surface area (Å²) in [5.74, 6) is 0.127. The molecule has 2 N–H and O–H groups in total. The van der Waals surface area contributed by atoms with Crippen LogP contribution in [-0.4, -0.2) is 16.2 Å². The van der Waals surface area contributed by atoms with Gasteiger partial charge in [0.1, 0.15) is 11.6 Å². The Morgan fingerprint density at radius 1 is 1.15 bits per heavy atom. The van der Waals surface area contributed by atoms with Crippen LogP contribution < -0.4 is 11.0 Å². The summed E-state index contributed by atoms with van der Waals surface area (Å²) >= 11 is 0. The Morgan fingerprint density at radius 3 is 2.70 bits per heavy atom. The largest absolute Gasteiger partial charge is 0.290 e. The van der Waals surface area contributed by atoms with E-state index in [1.807, 2.05) is 36.4 Å². The maximum absolute atomic E-state index is 12.2. The molecule has 0 aliphatic rings. The van der Waals surface area contributed by atoms with Crippen LogP contribution in [0.2, 0.25) is 0 Å². The first-order valence-corrected chi connectivity index (χ1v) is 8.06. The average molecular weight is 354 g/mol. The van der Waals surface area contributed by atoms with Crippen molar-refractivity contribution < 1.29 is 0 Å². The van der Waals surface area contributed by atoms with Gasteiger partial charge >= 0.3 is 0 Å². The van der Waals surface area contributed by atoms with E-state index >= 15 is 0 Å². The van der Waals surface area contributed by atoms with Gasteiger partial charge in [0.2, 0.25) is 5.95 Å². The van der Waals surface area contributed by atoms with E-state index in [1.54, 1.807) is 30.5 Å². The minimum atomic E-state index is -0.542. The summed E-state index contributed by atoms with van der Waals surface area (Å²) in [6.07, 6.45) is 1.88. The van der Waals surface area contributed by atoms with Crippen molar-refractivity contribution in [2.24, 2.45) is 5.10 Å². The van der Waals surface area contributed by atoms with Gasteiger partial charge < -0.3 is 0 Å². The summed E-state index contributed by atoms with van der Waals surface area (Å²) in [5.41, 5.74) is 4.72. The number of anilines is 1. The van der Waals surface area contributed by atoms with E-state index in [4.69, 9.17) is 5.26 Å². The molecule has 0 aliphatic heterocycles. The highest BCUT2D eigenvalue weighted by molar-refractivity contribution is 5.80. The van der Waals surface area contributed by atoms with E-state index in [9.17, 15) is 10.1 Å². The van der Waals surface area contributed by atoms with E-state index < -0.39 is 5.56 Å². The lowest BCUT2D eigenvalue weighted by atomic mass is 10.1. The molecule has 130 valence electrons. The second-order valence-electron chi connectivity index (χ2n) is 5.57. The van der Waals surface area contributed by atoms with Gasteiger partial charge in [0, 0.05) is 5.56 Å². The zero-order valence-corrected chi connectivity index (χ0v) is 14.2. The third-order valence-corrected chi connectivity index (χ3v) is 3.70. The van der Waals surface area contributed by atoms with Gasteiger partial charge in [-0.25, -0.2) is 10.4 Å². The summed E-state index contributed by atoms with van der Waals surface area (Å²) < 4.78 is 0. The van der Waals surface area contributed by atoms with Gasteiger partial charge in [0.25, 0.3) is 5.56 Å². The van der Waals surface area contributed by atoms with Gasteiger partial charge in [-0.15, -0.1) is 0 Å². The van der Waals surface area contributed by atoms with Gasteiger partial charge in [-0.2, -0.15) is 15.6 Å². The van der Waals surface area contributed by atoms with Gasteiger partial charge in [-0.1, -0.05) is 48.5 Å². The monoisotopic (exact) mass is 354 g/mol. The fourth-order valence-electron chi connectivity index (χ4n) is 2.48. The van der Waals surface area contributed by atoms with E-state index in [0.29, 0.717) is 12.0 Å². The van der Waals surface area contributed by atoms with E-state index in [-0.39, 0.29) is 17.2 Å². The second-order valence-corrected chi connectivity index (χ2v) is 5.57. The van der Waals surface area contributed by atoms with Gasteiger partial charge in [0.05, 0.1) is 24.4 Å². The molecule has 7 heteroatoms. The molecule has 0 amide bonds. The fourth-order valence-corrected chi connectivity index (χ4v) is 2.48. The van der Waals surface area contributed by atoms with Crippen LogP contribution in [0.5, 0.6) is 0 Å². The van der Waals surface area contributed by atoms with Crippen LogP contribution in [0, 0.1) is 22.7 Å². The lowest BCUT2D eigenvalue weighted by molar-refractivity contribution is 1.08. The fraction of sp³-hybridized carbons (Fsp3) is 0.0500. The number of nitrogens with one attached hydrogen (secondary N) is 2. The van der Waals surface area contributed by atoms with Crippen LogP contribution in [0.1, 0.15) is 16.7 Å². The maximum Gasteiger partial charge on any atom is 0.270 e. The molecule has 3 aromatic rings. The molecule has 0 radical (unpaired) electrons. The molecule has 1 heterocycles. The first kappa shape index (κ1) is 17.6. The minimum absolute atomic E-state index is 0.0556. The number of rotatable bonds is 5. The van der Waals surface area contributed by atoms with Crippen LogP contribution >= 0.6 is 0 Å². The maximum atomic E-state index is 12.2. The Labute approximate surface area is 155 Å². The van der Waals surface area contributed by atoms with E-state index in [0.717, 1.165) is 11.1 Å². The highest BCUT2D eigenvalue weighted by Gasteiger charge is 2.12. The Kier molecular flexibility index (Phi) is 5.36. The number of benzene rings is 2. The number of aromatic nitrogens is 2. The number of hydrogen-bond acceptors (Lipinski definition) is 6. The van der Waals surface area contributed by atoms with E-state index in [2.05, 4.69) is 26.6 Å². The summed E-state index contributed by atoms with van der Waals surface area (Å²) in [6.45, 7) is 0. The first-order chi connectivity index (χ1) is 13.2. The lowest BCUT2D eigenvalue weighted by Crippen LogP contribution is -2.16. The van der Waals surface area contributed by atoms with Crippen molar-refractivity contribution >= 4 is 12.2 Å². The van der Waals surface area contributed by atoms with Gasteiger partial charge in [-0.05, 0) is 17.2 Å². The molecule has 0 atom stereocenters. The normalized spacial score (nSPS) is 10.3. The van der Waals surface area contributed by atoms with Crippen LogP contribution in [-0.2, 0) is 6.42 Å². The Hall–Kier alpha value is -4.23. The van der Waals surface area contributed by atoms with Crippen molar-refractivity contribution in [1.82, 2.24) is 9.97 Å². The smallest absolute Gasteiger partial charge is 0.270 e. The Balaban J connectivity index is 1.87. The molecule has 27 heavy (non-hydrogen) atoms. The number of nitriles is 2. The Bertz CT molecular complexity index is 1120. The molecule has 0 saturated carbocycles. The summed E-state index contributed by atoms with van der Waals surface area (Å²) in [6, 6.07) is 20.4. The number of hydrazone groups is 1. The third kappa shape index (κ3) is 4.25. The molecule has 0 spiro atoms. The highest BCUT2D eigenvalue weighted by Crippen LogP contribution is 2.19. The molecule has 7 nitrogen and oxygen atoms in total. The topological polar surface area (TPSA) is 118 Å². The van der Waals surface area contributed by atoms with Crippen LogP contribution in [0.3, 0.4) is 0 Å². The molecule has 3 rings (SSSR count). The van der Waals surface area contributed by atoms with Crippen LogP contribution in [0.15, 0.2) is 64.5 Å². The van der Waals surface area contributed by atoms with E-state index in [1.165, 1.54) is 0 Å². The second kappa shape index (κ2) is 8.24. The SMILES string of the molecule is N#CCc1cccc(C=NNc2nc(-c3ccccc3)c(C#N)c(=O)[nH]2)c1. The molecule has 0 saturated heterocycles. The van der Waals surface area contributed by atoms with Crippen LogP contribution in [0.4, 0.5) is 5.95 Å². The van der Waals surface area contributed by atoms with Crippen molar-refractivity contribution in [3.8, 4) is 23.4 Å². The zero-order valence-electron chi connectivity index (χ0n) is 14.2. The molecular weight excluding hydrogens is 340 g/mol. The summed E-state index contributed by atoms with van der Waals surface area (Å²) in [5, 5.41) is 22.1. The molecule has 1 aromatic heterocycles. The average Bonchev–Trinajstić information content (AvgIpc) is 2.69. The lowest BCUT2D eigenvalue weighted by Gasteiger charge is -2.06. The predicted octanol–water partition coefficient (Wildman–Crippen LogP) is 2.82. The van der Waals surface area contributed by atoms with Gasteiger partial charge in [0.15, 0.2) is 0 Å². The minimum Gasteiger partial charge on any atom is -0.290 e. The summed E-state index contributed by atoms with van der Waals surface area (Å²) in [7, 11) is 0. The molecule has 0 bridgehead atoms. The van der Waals surface area contributed by atoms with Crippen molar-refractivity contribution in [1.29, 1.82) is 10.5 Å². The number of aromatic amines is 1. The molecule has 2 aromatic carbocycles. The molecular formula is C20H14N6O. The van der Waals surface area contributed by atoms with Crippen molar-refractivity contribution in [3.63, 3.8) is 0 Å². The number of nitrogens with zero attached hydrogens (tertiary/aromatic N) is 4. The zero-order chi connectivity index (χ0) is 19.1. The van der Waals surface area contributed by atoms with Crippen molar-refractivity contribution in [2.75, 3.05) is 5.43 Å². The van der Waals surface area contributed by atoms with Gasteiger partial charge in [-0.3, -0.25) is 9.78 Å². The van der Waals surface area contributed by atoms with Crippen molar-refractivity contribution in [2.45, 2.75) is 6.42 Å². The Morgan fingerprint density at radius 2 is 1.96 bits per heavy atom. The standard InChI is InChI=1S/C20H14N6O/c21-10-9-14-5-4-6-15(11-14)13-23-26-20-24-18(16-7-2-1-3-8-16)17(12-22)19(27)25-20/h1-8,11,13H,9H2,(H2,24,25,26,27). The molecule has 0 aliphatic carbocycles.